The number of rotatable bonds is 5. The Morgan fingerprint density at radius 2 is 2.11 bits per heavy atom. The van der Waals surface area contributed by atoms with Crippen molar-refractivity contribution < 1.29 is 17.9 Å². The average molecular weight is 399 g/mol. The zero-order valence-corrected chi connectivity index (χ0v) is 17.2. The van der Waals surface area contributed by atoms with Crippen molar-refractivity contribution in [2.75, 3.05) is 26.2 Å². The second kappa shape index (κ2) is 7.89. The van der Waals surface area contributed by atoms with Crippen LogP contribution in [0, 0.1) is 12.8 Å². The zero-order chi connectivity index (χ0) is 19.7. The number of nitrogens with one attached hydrogen (secondary N) is 1. The van der Waals surface area contributed by atoms with Gasteiger partial charge in [0.25, 0.3) is 10.0 Å². The lowest BCUT2D eigenvalue weighted by atomic mass is 9.79. The molecule has 8 nitrogen and oxygen atoms in total. The predicted octanol–water partition coefficient (Wildman–Crippen LogP) is 1.20. The number of aryl methyl sites for hydroxylation is 2. The van der Waals surface area contributed by atoms with Crippen LogP contribution in [0.5, 0.6) is 0 Å². The van der Waals surface area contributed by atoms with E-state index in [4.69, 9.17) is 4.74 Å². The van der Waals surface area contributed by atoms with Gasteiger partial charge >= 0.3 is 0 Å². The smallest absolute Gasteiger partial charge is 0.262 e. The molecule has 1 aromatic rings. The van der Waals surface area contributed by atoms with Crippen LogP contribution in [0.1, 0.15) is 44.9 Å². The number of imidazole rings is 1. The normalized spacial score (nSPS) is 23.4. The van der Waals surface area contributed by atoms with Gasteiger partial charge in [-0.1, -0.05) is 0 Å². The van der Waals surface area contributed by atoms with Gasteiger partial charge in [0.2, 0.25) is 5.91 Å². The van der Waals surface area contributed by atoms with Gasteiger partial charge in [-0.25, -0.2) is 13.4 Å². The predicted molar refractivity (Wildman–Crippen MR) is 101 cm³/mol. The third-order valence-electron chi connectivity index (χ3n) is 5.85. The number of hydrogen-bond donors (Lipinski definition) is 1. The summed E-state index contributed by atoms with van der Waals surface area (Å²) in [6, 6.07) is 0. The van der Waals surface area contributed by atoms with E-state index in [0.29, 0.717) is 50.8 Å². The molecule has 1 aromatic heterocycles. The number of ether oxygens (including phenoxy) is 1. The summed E-state index contributed by atoms with van der Waals surface area (Å²) in [6.45, 7) is 5.63. The van der Waals surface area contributed by atoms with Gasteiger partial charge in [0.05, 0.1) is 5.60 Å². The first-order valence-corrected chi connectivity index (χ1v) is 11.0. The molecule has 1 spiro atoms. The number of sulfonamides is 1. The molecule has 2 fully saturated rings. The summed E-state index contributed by atoms with van der Waals surface area (Å²) < 4.78 is 35.1. The number of hydrogen-bond acceptors (Lipinski definition) is 5. The van der Waals surface area contributed by atoms with Crippen molar-refractivity contribution in [2.24, 2.45) is 13.0 Å². The molecule has 27 heavy (non-hydrogen) atoms. The highest BCUT2D eigenvalue weighted by molar-refractivity contribution is 7.89. The third kappa shape index (κ3) is 4.52. The summed E-state index contributed by atoms with van der Waals surface area (Å²) in [5.41, 5.74) is -0.231. The van der Waals surface area contributed by atoms with Gasteiger partial charge in [-0.3, -0.25) is 4.79 Å². The number of aromatic nitrogens is 2. The van der Waals surface area contributed by atoms with E-state index >= 15 is 0 Å². The van der Waals surface area contributed by atoms with Crippen LogP contribution in [-0.2, 0) is 26.6 Å². The van der Waals surface area contributed by atoms with E-state index < -0.39 is 10.0 Å². The van der Waals surface area contributed by atoms with Gasteiger partial charge in [-0.05, 0) is 44.9 Å². The van der Waals surface area contributed by atoms with Crippen LogP contribution in [0.2, 0.25) is 0 Å². The lowest BCUT2D eigenvalue weighted by Crippen LogP contribution is -2.51. The van der Waals surface area contributed by atoms with Crippen LogP contribution in [0.25, 0.3) is 0 Å². The van der Waals surface area contributed by atoms with Gasteiger partial charge in [-0.15, -0.1) is 0 Å². The molecular formula is C18H30N4O4S. The van der Waals surface area contributed by atoms with Gasteiger partial charge in [-0.2, -0.15) is 4.31 Å². The molecule has 0 radical (unpaired) electrons. The Kier molecular flexibility index (Phi) is 5.93. The second-order valence-electron chi connectivity index (χ2n) is 7.80. The highest BCUT2D eigenvalue weighted by Gasteiger charge is 2.43. The van der Waals surface area contributed by atoms with Crippen molar-refractivity contribution >= 4 is 15.9 Å². The molecule has 152 valence electrons. The van der Waals surface area contributed by atoms with Crippen molar-refractivity contribution in [2.45, 2.75) is 56.6 Å². The zero-order valence-electron chi connectivity index (χ0n) is 16.4. The molecular weight excluding hydrogens is 368 g/mol. The Labute approximate surface area is 161 Å². The minimum absolute atomic E-state index is 0.0000423. The van der Waals surface area contributed by atoms with Crippen molar-refractivity contribution in [1.82, 2.24) is 19.2 Å². The van der Waals surface area contributed by atoms with Gasteiger partial charge in [0.15, 0.2) is 5.03 Å². The summed E-state index contributed by atoms with van der Waals surface area (Å²) in [6.07, 6.45) is 5.85. The molecule has 1 N–H and O–H groups in total. The maximum atomic E-state index is 12.9. The molecule has 1 amide bonds. The topological polar surface area (TPSA) is 93.5 Å². The number of carbonyl (C=O) groups excluding carboxylic acids is 1. The minimum Gasteiger partial charge on any atom is -0.375 e. The van der Waals surface area contributed by atoms with Crippen LogP contribution < -0.4 is 5.32 Å². The monoisotopic (exact) mass is 398 g/mol. The summed E-state index contributed by atoms with van der Waals surface area (Å²) in [5.74, 6) is 1.19. The SMILES string of the molecule is CC(=O)NCCC1CCOC2(CCN(S(=O)(=O)c3cn(C)c(C)n3)CC2)C1. The van der Waals surface area contributed by atoms with Crippen molar-refractivity contribution in [3.8, 4) is 0 Å². The molecule has 0 bridgehead atoms. The molecule has 2 saturated heterocycles. The maximum Gasteiger partial charge on any atom is 0.262 e. The fourth-order valence-corrected chi connectivity index (χ4v) is 5.56. The number of carbonyl (C=O) groups is 1. The van der Waals surface area contributed by atoms with Gasteiger partial charge in [0.1, 0.15) is 5.82 Å². The molecule has 2 aliphatic rings. The summed E-state index contributed by atoms with van der Waals surface area (Å²) >= 11 is 0. The first-order valence-electron chi connectivity index (χ1n) is 9.60. The Balaban J connectivity index is 1.59. The van der Waals surface area contributed by atoms with Crippen molar-refractivity contribution in [1.29, 1.82) is 0 Å². The Morgan fingerprint density at radius 1 is 1.41 bits per heavy atom. The Hall–Kier alpha value is -1.45. The average Bonchev–Trinajstić information content (AvgIpc) is 2.95. The molecule has 2 aliphatic heterocycles. The summed E-state index contributed by atoms with van der Waals surface area (Å²) in [5, 5.41) is 2.98. The van der Waals surface area contributed by atoms with E-state index in [1.54, 1.807) is 24.7 Å². The van der Waals surface area contributed by atoms with Crippen LogP contribution >= 0.6 is 0 Å². The molecule has 1 atom stereocenters. The van der Waals surface area contributed by atoms with Crippen molar-refractivity contribution in [3.05, 3.63) is 12.0 Å². The molecule has 3 heterocycles. The molecule has 1 unspecified atom stereocenters. The molecule has 9 heteroatoms. The summed E-state index contributed by atoms with van der Waals surface area (Å²) in [4.78, 5) is 15.2. The van der Waals surface area contributed by atoms with E-state index in [1.807, 2.05) is 0 Å². The highest BCUT2D eigenvalue weighted by Crippen LogP contribution is 2.39. The minimum atomic E-state index is -3.56. The Bertz CT molecular complexity index is 762. The fourth-order valence-electron chi connectivity index (χ4n) is 4.09. The van der Waals surface area contributed by atoms with E-state index in [1.165, 1.54) is 11.2 Å². The van der Waals surface area contributed by atoms with E-state index in [9.17, 15) is 13.2 Å². The van der Waals surface area contributed by atoms with Gasteiger partial charge < -0.3 is 14.6 Å². The quantitative estimate of drug-likeness (QED) is 0.805. The first kappa shape index (κ1) is 20.3. The molecule has 0 aromatic carbocycles. The number of amides is 1. The maximum absolute atomic E-state index is 12.9. The molecule has 0 aliphatic carbocycles. The Morgan fingerprint density at radius 3 is 2.70 bits per heavy atom. The van der Waals surface area contributed by atoms with E-state index in [-0.39, 0.29) is 16.5 Å². The summed E-state index contributed by atoms with van der Waals surface area (Å²) in [7, 11) is -1.76. The lowest BCUT2D eigenvalue weighted by Gasteiger charge is -2.45. The van der Waals surface area contributed by atoms with E-state index in [0.717, 1.165) is 19.3 Å². The van der Waals surface area contributed by atoms with Gasteiger partial charge in [0, 0.05) is 46.4 Å². The van der Waals surface area contributed by atoms with Crippen LogP contribution in [-0.4, -0.2) is 60.0 Å². The van der Waals surface area contributed by atoms with Crippen LogP contribution in [0.4, 0.5) is 0 Å². The van der Waals surface area contributed by atoms with E-state index in [2.05, 4.69) is 10.3 Å². The largest absolute Gasteiger partial charge is 0.375 e. The number of piperidine rings is 1. The van der Waals surface area contributed by atoms with Crippen LogP contribution in [0.3, 0.4) is 0 Å². The number of nitrogens with zero attached hydrogens (tertiary/aromatic N) is 3. The first-order chi connectivity index (χ1) is 12.7. The molecule has 0 saturated carbocycles. The van der Waals surface area contributed by atoms with Crippen molar-refractivity contribution in [3.63, 3.8) is 0 Å². The fraction of sp³-hybridized carbons (Fsp3) is 0.778. The highest BCUT2D eigenvalue weighted by atomic mass is 32.2. The lowest BCUT2D eigenvalue weighted by molar-refractivity contribution is -0.122. The third-order valence-corrected chi connectivity index (χ3v) is 7.62. The molecule has 3 rings (SSSR count). The second-order valence-corrected chi connectivity index (χ2v) is 9.69. The van der Waals surface area contributed by atoms with Crippen LogP contribution in [0.15, 0.2) is 11.2 Å². The standard InChI is InChI=1S/C18H30N4O4S/c1-14-20-17(13-21(14)3)27(24,25)22-9-6-18(7-10-22)12-16(5-11-26-18)4-8-19-15(2)23/h13,16H,4-12H2,1-3H3,(H,19,23).